The smallest absolute Gasteiger partial charge is 0.147 e. The van der Waals surface area contributed by atoms with Gasteiger partial charge in [0.05, 0.1) is 12.6 Å². The van der Waals surface area contributed by atoms with E-state index in [9.17, 15) is 5.11 Å². The van der Waals surface area contributed by atoms with Gasteiger partial charge < -0.3 is 15.2 Å². The number of aromatic nitrogens is 2. The maximum atomic E-state index is 11.1. The SMILES string of the molecule is CCOc1ccc(NC(c2cccnc2)c2ccc3ccc(C)nc3c2O)cc1. The second-order valence-corrected chi connectivity index (χ2v) is 6.85. The number of phenolic OH excluding ortho intramolecular Hbond substituents is 1. The molecule has 5 nitrogen and oxygen atoms in total. The Kier molecular flexibility index (Phi) is 5.29. The van der Waals surface area contributed by atoms with Crippen LogP contribution in [-0.2, 0) is 0 Å². The van der Waals surface area contributed by atoms with Gasteiger partial charge in [-0.25, -0.2) is 4.98 Å². The van der Waals surface area contributed by atoms with Gasteiger partial charge in [0.15, 0.2) is 0 Å². The number of ether oxygens (including phenoxy) is 1. The molecule has 0 spiro atoms. The number of phenols is 1. The Morgan fingerprint density at radius 3 is 2.55 bits per heavy atom. The third-order valence-corrected chi connectivity index (χ3v) is 4.81. The van der Waals surface area contributed by atoms with E-state index in [2.05, 4.69) is 15.3 Å². The number of nitrogens with zero attached hydrogens (tertiary/aromatic N) is 2. The first kappa shape index (κ1) is 18.7. The van der Waals surface area contributed by atoms with Crippen LogP contribution < -0.4 is 10.1 Å². The first-order valence-corrected chi connectivity index (χ1v) is 9.64. The van der Waals surface area contributed by atoms with Crippen molar-refractivity contribution in [2.45, 2.75) is 19.9 Å². The summed E-state index contributed by atoms with van der Waals surface area (Å²) >= 11 is 0. The van der Waals surface area contributed by atoms with E-state index in [1.807, 2.05) is 74.5 Å². The molecule has 5 heteroatoms. The van der Waals surface area contributed by atoms with Gasteiger partial charge >= 0.3 is 0 Å². The lowest BCUT2D eigenvalue weighted by molar-refractivity contribution is 0.340. The summed E-state index contributed by atoms with van der Waals surface area (Å²) in [5, 5.41) is 15.5. The number of aryl methyl sites for hydroxylation is 1. The van der Waals surface area contributed by atoms with Crippen LogP contribution in [0.3, 0.4) is 0 Å². The quantitative estimate of drug-likeness (QED) is 0.475. The summed E-state index contributed by atoms with van der Waals surface area (Å²) in [7, 11) is 0. The predicted octanol–water partition coefficient (Wildman–Crippen LogP) is 5.24. The van der Waals surface area contributed by atoms with Gasteiger partial charge in [-0.15, -0.1) is 0 Å². The lowest BCUT2D eigenvalue weighted by Gasteiger charge is -2.22. The molecule has 0 radical (unpaired) electrons. The fourth-order valence-electron chi connectivity index (χ4n) is 3.39. The molecule has 0 aliphatic rings. The summed E-state index contributed by atoms with van der Waals surface area (Å²) in [5.41, 5.74) is 4.08. The Morgan fingerprint density at radius 1 is 1.03 bits per heavy atom. The number of aromatic hydroxyl groups is 1. The van der Waals surface area contributed by atoms with Crippen LogP contribution >= 0.6 is 0 Å². The molecule has 0 saturated heterocycles. The molecular formula is C24H23N3O2. The van der Waals surface area contributed by atoms with Crippen LogP contribution in [-0.4, -0.2) is 21.7 Å². The monoisotopic (exact) mass is 385 g/mol. The summed E-state index contributed by atoms with van der Waals surface area (Å²) < 4.78 is 5.53. The molecule has 0 aliphatic carbocycles. The van der Waals surface area contributed by atoms with Crippen LogP contribution in [0.2, 0.25) is 0 Å². The normalized spacial score (nSPS) is 11.9. The van der Waals surface area contributed by atoms with Crippen molar-refractivity contribution in [3.8, 4) is 11.5 Å². The maximum Gasteiger partial charge on any atom is 0.147 e. The van der Waals surface area contributed by atoms with Gasteiger partial charge in [0.1, 0.15) is 17.0 Å². The molecule has 1 unspecified atom stereocenters. The van der Waals surface area contributed by atoms with Crippen molar-refractivity contribution in [2.24, 2.45) is 0 Å². The topological polar surface area (TPSA) is 67.3 Å². The summed E-state index contributed by atoms with van der Waals surface area (Å²) in [6, 6.07) is 19.2. The molecule has 2 heterocycles. The van der Waals surface area contributed by atoms with E-state index in [0.717, 1.165) is 33.6 Å². The van der Waals surface area contributed by atoms with Gasteiger partial charge in [0.2, 0.25) is 0 Å². The molecule has 2 N–H and O–H groups in total. The summed E-state index contributed by atoms with van der Waals surface area (Å²) in [6.07, 6.45) is 3.54. The fourth-order valence-corrected chi connectivity index (χ4v) is 3.39. The second-order valence-electron chi connectivity index (χ2n) is 6.85. The zero-order chi connectivity index (χ0) is 20.2. The van der Waals surface area contributed by atoms with Crippen LogP contribution in [0, 0.1) is 6.92 Å². The van der Waals surface area contributed by atoms with Crippen molar-refractivity contribution < 1.29 is 9.84 Å². The highest BCUT2D eigenvalue weighted by Gasteiger charge is 2.20. The molecule has 29 heavy (non-hydrogen) atoms. The van der Waals surface area contributed by atoms with E-state index in [4.69, 9.17) is 4.74 Å². The number of fused-ring (bicyclic) bond motifs is 1. The molecule has 0 fully saturated rings. The Labute approximate surface area is 170 Å². The first-order valence-electron chi connectivity index (χ1n) is 9.64. The molecule has 0 bridgehead atoms. The molecule has 0 amide bonds. The highest BCUT2D eigenvalue weighted by molar-refractivity contribution is 5.86. The highest BCUT2D eigenvalue weighted by Crippen LogP contribution is 2.36. The zero-order valence-corrected chi connectivity index (χ0v) is 16.5. The molecule has 4 aromatic rings. The van der Waals surface area contributed by atoms with E-state index in [0.29, 0.717) is 12.1 Å². The minimum atomic E-state index is -0.284. The van der Waals surface area contributed by atoms with E-state index in [1.165, 1.54) is 0 Å². The summed E-state index contributed by atoms with van der Waals surface area (Å²) in [4.78, 5) is 8.80. The predicted molar refractivity (Wildman–Crippen MR) is 115 cm³/mol. The van der Waals surface area contributed by atoms with Crippen molar-refractivity contribution in [1.82, 2.24) is 9.97 Å². The Balaban J connectivity index is 1.77. The third kappa shape index (κ3) is 3.99. The number of benzene rings is 2. The van der Waals surface area contributed by atoms with Crippen molar-refractivity contribution in [3.63, 3.8) is 0 Å². The molecular weight excluding hydrogens is 362 g/mol. The van der Waals surface area contributed by atoms with Crippen LogP contribution in [0.4, 0.5) is 5.69 Å². The summed E-state index contributed by atoms with van der Waals surface area (Å²) in [5.74, 6) is 1.00. The van der Waals surface area contributed by atoms with Gasteiger partial charge in [0, 0.05) is 34.7 Å². The van der Waals surface area contributed by atoms with Gasteiger partial charge in [-0.05, 0) is 55.8 Å². The van der Waals surface area contributed by atoms with Crippen LogP contribution in [0.15, 0.2) is 73.1 Å². The fraction of sp³-hybridized carbons (Fsp3) is 0.167. The van der Waals surface area contributed by atoms with Crippen molar-refractivity contribution in [2.75, 3.05) is 11.9 Å². The summed E-state index contributed by atoms with van der Waals surface area (Å²) in [6.45, 7) is 4.51. The highest BCUT2D eigenvalue weighted by atomic mass is 16.5. The molecule has 0 aliphatic heterocycles. The molecule has 146 valence electrons. The number of anilines is 1. The standard InChI is InChI=1S/C24H23N3O2/c1-3-29-20-11-9-19(10-12-20)27-22(18-5-4-14-25-15-18)21-13-8-17-7-6-16(2)26-23(17)24(21)28/h4-15,22,27-28H,3H2,1-2H3. The minimum Gasteiger partial charge on any atom is -0.505 e. The first-order chi connectivity index (χ1) is 14.2. The lowest BCUT2D eigenvalue weighted by atomic mass is 9.97. The van der Waals surface area contributed by atoms with E-state index < -0.39 is 0 Å². The van der Waals surface area contributed by atoms with Gasteiger partial charge in [-0.1, -0.05) is 24.3 Å². The molecule has 0 saturated carbocycles. The Hall–Kier alpha value is -3.60. The number of rotatable bonds is 6. The third-order valence-electron chi connectivity index (χ3n) is 4.81. The number of nitrogens with one attached hydrogen (secondary N) is 1. The number of hydrogen-bond acceptors (Lipinski definition) is 5. The van der Waals surface area contributed by atoms with Crippen LogP contribution in [0.25, 0.3) is 10.9 Å². The number of pyridine rings is 2. The molecule has 4 rings (SSSR count). The van der Waals surface area contributed by atoms with Crippen molar-refractivity contribution >= 4 is 16.6 Å². The minimum absolute atomic E-state index is 0.179. The lowest BCUT2D eigenvalue weighted by Crippen LogP contribution is -2.13. The van der Waals surface area contributed by atoms with E-state index >= 15 is 0 Å². The molecule has 1 atom stereocenters. The van der Waals surface area contributed by atoms with Gasteiger partial charge in [-0.3, -0.25) is 4.98 Å². The van der Waals surface area contributed by atoms with E-state index in [-0.39, 0.29) is 11.8 Å². The average Bonchev–Trinajstić information content (AvgIpc) is 2.75. The van der Waals surface area contributed by atoms with Crippen LogP contribution in [0.1, 0.15) is 29.8 Å². The molecule has 2 aromatic heterocycles. The Morgan fingerprint density at radius 2 is 1.83 bits per heavy atom. The number of hydrogen-bond donors (Lipinski definition) is 2. The van der Waals surface area contributed by atoms with Crippen LogP contribution in [0.5, 0.6) is 11.5 Å². The molecule has 2 aromatic carbocycles. The average molecular weight is 385 g/mol. The largest absolute Gasteiger partial charge is 0.505 e. The van der Waals surface area contributed by atoms with E-state index in [1.54, 1.807) is 12.4 Å². The zero-order valence-electron chi connectivity index (χ0n) is 16.5. The Bertz CT molecular complexity index is 1110. The van der Waals surface area contributed by atoms with Crippen molar-refractivity contribution in [3.05, 3.63) is 89.9 Å². The maximum absolute atomic E-state index is 11.1. The van der Waals surface area contributed by atoms with Gasteiger partial charge in [-0.2, -0.15) is 0 Å². The second kappa shape index (κ2) is 8.19. The van der Waals surface area contributed by atoms with Crippen molar-refractivity contribution in [1.29, 1.82) is 0 Å². The van der Waals surface area contributed by atoms with Gasteiger partial charge in [0.25, 0.3) is 0 Å².